The van der Waals surface area contributed by atoms with Crippen molar-refractivity contribution in [3.05, 3.63) is 35.9 Å². The van der Waals surface area contributed by atoms with Gasteiger partial charge in [-0.1, -0.05) is 30.3 Å². The van der Waals surface area contributed by atoms with E-state index in [4.69, 9.17) is 9.84 Å². The second-order valence-electron chi connectivity index (χ2n) is 4.03. The van der Waals surface area contributed by atoms with Crippen LogP contribution in [-0.2, 0) is 11.3 Å². The van der Waals surface area contributed by atoms with Gasteiger partial charge in [0.1, 0.15) is 11.7 Å². The molecule has 0 bridgehead atoms. The van der Waals surface area contributed by atoms with E-state index in [2.05, 4.69) is 0 Å². The lowest BCUT2D eigenvalue weighted by atomic mass is 10.0. The van der Waals surface area contributed by atoms with Crippen LogP contribution < -0.4 is 0 Å². The van der Waals surface area contributed by atoms with E-state index < -0.39 is 18.3 Å². The molecule has 90 valence electrons. The van der Waals surface area contributed by atoms with Crippen LogP contribution in [-0.4, -0.2) is 40.2 Å². The zero-order valence-corrected chi connectivity index (χ0v) is 9.34. The van der Waals surface area contributed by atoms with Gasteiger partial charge in [-0.25, -0.2) is 0 Å². The van der Waals surface area contributed by atoms with Crippen molar-refractivity contribution in [3.63, 3.8) is 0 Å². The molecule has 0 radical (unpaired) electrons. The highest BCUT2D eigenvalue weighted by Gasteiger charge is 2.29. The number of aliphatic hydroxyl groups excluding tert-OH is 2. The number of benzene rings is 1. The van der Waals surface area contributed by atoms with Crippen molar-refractivity contribution in [1.82, 2.24) is 0 Å². The molecular formula is C12H18O4. The van der Waals surface area contributed by atoms with E-state index in [9.17, 15) is 10.2 Å². The van der Waals surface area contributed by atoms with E-state index in [0.717, 1.165) is 5.56 Å². The summed E-state index contributed by atoms with van der Waals surface area (Å²) in [5.74, 6) is 0. The Labute approximate surface area is 95.1 Å². The fraction of sp³-hybridized carbons (Fsp3) is 0.500. The van der Waals surface area contributed by atoms with E-state index in [0.29, 0.717) is 6.61 Å². The Morgan fingerprint density at radius 1 is 1.31 bits per heavy atom. The fourth-order valence-electron chi connectivity index (χ4n) is 1.15. The van der Waals surface area contributed by atoms with Crippen molar-refractivity contribution in [3.8, 4) is 0 Å². The van der Waals surface area contributed by atoms with Crippen LogP contribution in [0.5, 0.6) is 0 Å². The summed E-state index contributed by atoms with van der Waals surface area (Å²) in [6, 6.07) is 9.54. The van der Waals surface area contributed by atoms with Gasteiger partial charge in [0.15, 0.2) is 0 Å². The van der Waals surface area contributed by atoms with Gasteiger partial charge in [0.25, 0.3) is 0 Å². The Morgan fingerprint density at radius 2 is 1.94 bits per heavy atom. The Hall–Kier alpha value is -0.940. The largest absolute Gasteiger partial charge is 0.393 e. The average molecular weight is 226 g/mol. The van der Waals surface area contributed by atoms with Crippen molar-refractivity contribution in [2.45, 2.75) is 25.2 Å². The van der Waals surface area contributed by atoms with Gasteiger partial charge in [0.05, 0.1) is 19.8 Å². The van der Waals surface area contributed by atoms with Gasteiger partial charge in [-0.05, 0) is 12.5 Å². The first-order valence-corrected chi connectivity index (χ1v) is 5.19. The molecule has 0 aromatic heterocycles. The van der Waals surface area contributed by atoms with Gasteiger partial charge in [0.2, 0.25) is 0 Å². The molecule has 0 spiro atoms. The minimum Gasteiger partial charge on any atom is -0.393 e. The van der Waals surface area contributed by atoms with E-state index >= 15 is 0 Å². The summed E-state index contributed by atoms with van der Waals surface area (Å²) in [6.07, 6.45) is -1.10. The average Bonchev–Trinajstić information content (AvgIpc) is 2.30. The quantitative estimate of drug-likeness (QED) is 0.653. The second kappa shape index (κ2) is 5.96. The van der Waals surface area contributed by atoms with Crippen molar-refractivity contribution in [2.75, 3.05) is 13.2 Å². The van der Waals surface area contributed by atoms with E-state index in [1.165, 1.54) is 6.92 Å². The molecule has 0 saturated heterocycles. The third-order valence-corrected chi connectivity index (χ3v) is 2.43. The van der Waals surface area contributed by atoms with Crippen LogP contribution in [0.25, 0.3) is 0 Å². The molecule has 0 amide bonds. The number of hydrogen-bond acceptors (Lipinski definition) is 4. The van der Waals surface area contributed by atoms with Crippen molar-refractivity contribution < 1.29 is 20.1 Å². The van der Waals surface area contributed by atoms with Gasteiger partial charge in [0, 0.05) is 0 Å². The number of rotatable bonds is 6. The fourth-order valence-corrected chi connectivity index (χ4v) is 1.15. The Kier molecular flexibility index (Phi) is 4.89. The summed E-state index contributed by atoms with van der Waals surface area (Å²) in [4.78, 5) is 0. The van der Waals surface area contributed by atoms with Crippen molar-refractivity contribution in [2.24, 2.45) is 0 Å². The highest BCUT2D eigenvalue weighted by atomic mass is 16.5. The molecule has 3 N–H and O–H groups in total. The van der Waals surface area contributed by atoms with E-state index in [1.54, 1.807) is 0 Å². The predicted octanol–water partition coefficient (Wildman–Crippen LogP) is 0.307. The molecule has 4 nitrogen and oxygen atoms in total. The third-order valence-electron chi connectivity index (χ3n) is 2.43. The van der Waals surface area contributed by atoms with Gasteiger partial charge >= 0.3 is 0 Å². The SMILES string of the molecule is C[C@](O)(CO)[C@H](O)COCc1ccccc1. The maximum absolute atomic E-state index is 9.52. The molecule has 1 aromatic rings. The van der Waals surface area contributed by atoms with E-state index in [1.807, 2.05) is 30.3 Å². The molecule has 0 saturated carbocycles. The summed E-state index contributed by atoms with van der Waals surface area (Å²) in [7, 11) is 0. The Morgan fingerprint density at radius 3 is 2.50 bits per heavy atom. The number of ether oxygens (including phenoxy) is 1. The first-order valence-electron chi connectivity index (χ1n) is 5.19. The molecular weight excluding hydrogens is 208 g/mol. The molecule has 4 heteroatoms. The monoisotopic (exact) mass is 226 g/mol. The summed E-state index contributed by atoms with van der Waals surface area (Å²) < 4.78 is 5.25. The topological polar surface area (TPSA) is 69.9 Å². The molecule has 0 aliphatic heterocycles. The van der Waals surface area contributed by atoms with E-state index in [-0.39, 0.29) is 6.61 Å². The molecule has 1 aromatic carbocycles. The van der Waals surface area contributed by atoms with Gasteiger partial charge in [-0.15, -0.1) is 0 Å². The molecule has 1 rings (SSSR count). The highest BCUT2D eigenvalue weighted by molar-refractivity contribution is 5.13. The first-order chi connectivity index (χ1) is 7.56. The highest BCUT2D eigenvalue weighted by Crippen LogP contribution is 2.10. The van der Waals surface area contributed by atoms with Crippen LogP contribution in [0.15, 0.2) is 30.3 Å². The Balaban J connectivity index is 2.31. The lowest BCUT2D eigenvalue weighted by Crippen LogP contribution is -2.45. The normalized spacial score (nSPS) is 16.8. The van der Waals surface area contributed by atoms with Crippen molar-refractivity contribution in [1.29, 1.82) is 0 Å². The third kappa shape index (κ3) is 3.90. The molecule has 0 aliphatic rings. The second-order valence-corrected chi connectivity index (χ2v) is 4.03. The first kappa shape index (κ1) is 13.1. The Bertz CT molecular complexity index is 297. The molecule has 0 fully saturated rings. The van der Waals surface area contributed by atoms with Gasteiger partial charge in [-0.2, -0.15) is 0 Å². The predicted molar refractivity (Wildman–Crippen MR) is 59.8 cm³/mol. The van der Waals surface area contributed by atoms with Crippen LogP contribution in [0.2, 0.25) is 0 Å². The van der Waals surface area contributed by atoms with Gasteiger partial charge < -0.3 is 20.1 Å². The molecule has 0 aliphatic carbocycles. The van der Waals surface area contributed by atoms with Crippen LogP contribution in [0.3, 0.4) is 0 Å². The number of hydrogen-bond donors (Lipinski definition) is 3. The molecule has 0 unspecified atom stereocenters. The minimum atomic E-state index is -1.52. The maximum atomic E-state index is 9.52. The standard InChI is InChI=1S/C12H18O4/c1-12(15,9-13)11(14)8-16-7-10-5-3-2-4-6-10/h2-6,11,13-15H,7-9H2,1H3/t11-,12+/m1/s1. The minimum absolute atomic E-state index is 0.0115. The van der Waals surface area contributed by atoms with Crippen LogP contribution in [0, 0.1) is 0 Å². The van der Waals surface area contributed by atoms with Crippen LogP contribution in [0.1, 0.15) is 12.5 Å². The maximum Gasteiger partial charge on any atom is 0.113 e. The molecule has 0 heterocycles. The summed E-state index contributed by atoms with van der Waals surface area (Å²) >= 11 is 0. The van der Waals surface area contributed by atoms with Gasteiger partial charge in [-0.3, -0.25) is 0 Å². The summed E-state index contributed by atoms with van der Waals surface area (Å²) in [5, 5.41) is 27.8. The zero-order chi connectivity index (χ0) is 12.0. The summed E-state index contributed by atoms with van der Waals surface area (Å²) in [5.41, 5.74) is -0.519. The smallest absolute Gasteiger partial charge is 0.113 e. The van der Waals surface area contributed by atoms with Crippen LogP contribution in [0.4, 0.5) is 0 Å². The molecule has 2 atom stereocenters. The van der Waals surface area contributed by atoms with Crippen molar-refractivity contribution >= 4 is 0 Å². The number of aliphatic hydroxyl groups is 3. The zero-order valence-electron chi connectivity index (χ0n) is 9.34. The van der Waals surface area contributed by atoms with Crippen LogP contribution >= 0.6 is 0 Å². The lowest BCUT2D eigenvalue weighted by molar-refractivity contribution is -0.120. The molecule has 16 heavy (non-hydrogen) atoms. The lowest BCUT2D eigenvalue weighted by Gasteiger charge is -2.26. The summed E-state index contributed by atoms with van der Waals surface area (Å²) in [6.45, 7) is 1.23.